The summed E-state index contributed by atoms with van der Waals surface area (Å²) in [5.41, 5.74) is 3.52. The maximum atomic E-state index is 13.2. The second kappa shape index (κ2) is 9.59. The van der Waals surface area contributed by atoms with Crippen LogP contribution in [0.25, 0.3) is 21.3 Å². The minimum Gasteiger partial charge on any atom is -0.435 e. The summed E-state index contributed by atoms with van der Waals surface area (Å²) in [7, 11) is 0. The van der Waals surface area contributed by atoms with Crippen molar-refractivity contribution in [2.75, 3.05) is 36.0 Å². The third-order valence-electron chi connectivity index (χ3n) is 8.57. The number of anilines is 2. The van der Waals surface area contributed by atoms with Gasteiger partial charge in [-0.1, -0.05) is 41.7 Å². The first-order valence-corrected chi connectivity index (χ1v) is 14.6. The summed E-state index contributed by atoms with van der Waals surface area (Å²) in [6, 6.07) is 14.5. The highest BCUT2D eigenvalue weighted by molar-refractivity contribution is 7.22. The SMILES string of the molecule is CC1(OC(=O)N2CCN(c3ccc(-c4ccc5nc(N(C=O)C(=O)[C@H]6CC7C=CC6C7)sc5c4)cc3)CC2)C=C1. The Morgan fingerprint density at radius 2 is 1.77 bits per heavy atom. The van der Waals surface area contributed by atoms with E-state index in [9.17, 15) is 14.4 Å². The van der Waals surface area contributed by atoms with E-state index in [0.29, 0.717) is 30.5 Å². The van der Waals surface area contributed by atoms with Crippen LogP contribution in [0.2, 0.25) is 0 Å². The summed E-state index contributed by atoms with van der Waals surface area (Å²) in [4.78, 5) is 47.4. The molecule has 2 unspecified atom stereocenters. The molecule has 2 bridgehead atoms. The minimum atomic E-state index is -0.494. The first-order chi connectivity index (χ1) is 19.4. The highest BCUT2D eigenvalue weighted by atomic mass is 32.1. The molecular weight excluding hydrogens is 524 g/mol. The molecule has 1 saturated carbocycles. The fraction of sp³-hybridized carbons (Fsp3) is 0.355. The largest absolute Gasteiger partial charge is 0.435 e. The molecule has 204 valence electrons. The molecular formula is C31H30N4O4S. The number of allylic oxidation sites excluding steroid dienone is 2. The van der Waals surface area contributed by atoms with E-state index in [1.54, 1.807) is 4.90 Å². The van der Waals surface area contributed by atoms with Crippen molar-refractivity contribution in [2.45, 2.75) is 25.4 Å². The van der Waals surface area contributed by atoms with Crippen LogP contribution in [0.15, 0.2) is 66.8 Å². The molecule has 40 heavy (non-hydrogen) atoms. The minimum absolute atomic E-state index is 0.137. The van der Waals surface area contributed by atoms with Gasteiger partial charge in [-0.25, -0.2) is 14.7 Å². The number of amides is 3. The summed E-state index contributed by atoms with van der Waals surface area (Å²) < 4.78 is 6.44. The van der Waals surface area contributed by atoms with Gasteiger partial charge in [-0.05, 0) is 79.1 Å². The van der Waals surface area contributed by atoms with Gasteiger partial charge in [-0.3, -0.25) is 9.59 Å². The van der Waals surface area contributed by atoms with Crippen LogP contribution in [0.3, 0.4) is 0 Å². The fourth-order valence-electron chi connectivity index (χ4n) is 6.08. The van der Waals surface area contributed by atoms with E-state index in [4.69, 9.17) is 4.74 Å². The Kier molecular flexibility index (Phi) is 6.00. The van der Waals surface area contributed by atoms with Gasteiger partial charge in [0.1, 0.15) is 5.60 Å². The molecule has 8 nitrogen and oxygen atoms in total. The molecule has 3 atom stereocenters. The number of fused-ring (bicyclic) bond motifs is 3. The van der Waals surface area contributed by atoms with E-state index >= 15 is 0 Å². The van der Waals surface area contributed by atoms with E-state index in [2.05, 4.69) is 52.4 Å². The van der Waals surface area contributed by atoms with Crippen molar-refractivity contribution in [3.05, 3.63) is 66.8 Å². The topological polar surface area (TPSA) is 83.1 Å². The lowest BCUT2D eigenvalue weighted by Gasteiger charge is -2.36. The molecule has 2 fully saturated rings. The molecule has 2 aromatic carbocycles. The number of rotatable bonds is 6. The Morgan fingerprint density at radius 3 is 2.42 bits per heavy atom. The average Bonchev–Trinajstić information content (AvgIpc) is 3.35. The Hall–Kier alpha value is -3.98. The Balaban J connectivity index is 1.02. The number of imide groups is 1. The van der Waals surface area contributed by atoms with Gasteiger partial charge in [-0.15, -0.1) is 0 Å². The van der Waals surface area contributed by atoms with Crippen LogP contribution in [0.4, 0.5) is 15.6 Å². The molecule has 0 spiro atoms. The van der Waals surface area contributed by atoms with Crippen LogP contribution >= 0.6 is 11.3 Å². The lowest BCUT2D eigenvalue weighted by Crippen LogP contribution is -2.49. The molecule has 1 aromatic heterocycles. The zero-order chi connectivity index (χ0) is 27.4. The van der Waals surface area contributed by atoms with Gasteiger partial charge in [0.15, 0.2) is 5.13 Å². The first kappa shape index (κ1) is 25.0. The number of aromatic nitrogens is 1. The maximum absolute atomic E-state index is 13.2. The molecule has 0 radical (unpaired) electrons. The molecule has 9 heteroatoms. The molecule has 1 aliphatic heterocycles. The predicted molar refractivity (Wildman–Crippen MR) is 155 cm³/mol. The second-order valence-corrected chi connectivity index (χ2v) is 12.3. The zero-order valence-corrected chi connectivity index (χ0v) is 23.0. The van der Waals surface area contributed by atoms with E-state index < -0.39 is 5.60 Å². The Morgan fingerprint density at radius 1 is 1.02 bits per heavy atom. The van der Waals surface area contributed by atoms with Gasteiger partial charge in [0.05, 0.1) is 10.2 Å². The lowest BCUT2D eigenvalue weighted by molar-refractivity contribution is -0.125. The number of hydrogen-bond donors (Lipinski definition) is 0. The monoisotopic (exact) mass is 554 g/mol. The van der Waals surface area contributed by atoms with Crippen molar-refractivity contribution in [3.63, 3.8) is 0 Å². The van der Waals surface area contributed by atoms with Crippen molar-refractivity contribution in [3.8, 4) is 11.1 Å². The number of nitrogens with zero attached hydrogens (tertiary/aromatic N) is 4. The van der Waals surface area contributed by atoms with E-state index in [-0.39, 0.29) is 23.8 Å². The van der Waals surface area contributed by atoms with Crippen molar-refractivity contribution in [2.24, 2.45) is 17.8 Å². The number of benzene rings is 2. The number of carbonyl (C=O) groups is 3. The number of thiazole rings is 1. The third kappa shape index (κ3) is 4.58. The van der Waals surface area contributed by atoms with Gasteiger partial charge in [0.25, 0.3) is 0 Å². The van der Waals surface area contributed by atoms with Crippen molar-refractivity contribution in [1.29, 1.82) is 0 Å². The maximum Gasteiger partial charge on any atom is 0.411 e. The molecule has 4 aliphatic rings. The summed E-state index contributed by atoms with van der Waals surface area (Å²) >= 11 is 1.37. The summed E-state index contributed by atoms with van der Waals surface area (Å²) in [6.45, 7) is 4.63. The number of carbonyl (C=O) groups excluding carboxylic acids is 3. The number of piperazine rings is 1. The predicted octanol–water partition coefficient (Wildman–Crippen LogP) is 5.25. The normalized spacial score (nSPS) is 24.0. The highest BCUT2D eigenvalue weighted by Gasteiger charge is 2.42. The average molecular weight is 555 g/mol. The van der Waals surface area contributed by atoms with Crippen molar-refractivity contribution < 1.29 is 19.1 Å². The standard InChI is InChI=1S/C31H30N4O4S/c1-31(10-11-31)39-30(38)34-14-12-33(13-15-34)24-7-4-21(5-8-24)22-6-9-26-27(18-22)40-29(32-26)35(19-36)28(37)25-17-20-2-3-23(25)16-20/h2-11,18-20,23,25H,12-17H2,1H3/t20?,23?,25-/m0/s1. The van der Waals surface area contributed by atoms with Crippen molar-refractivity contribution in [1.82, 2.24) is 9.88 Å². The highest BCUT2D eigenvalue weighted by Crippen LogP contribution is 2.45. The molecule has 2 heterocycles. The number of ether oxygens (including phenoxy) is 1. The van der Waals surface area contributed by atoms with Crippen LogP contribution in [-0.4, -0.2) is 60.1 Å². The summed E-state index contributed by atoms with van der Waals surface area (Å²) in [5, 5.41) is 0.430. The molecule has 7 rings (SSSR count). The van der Waals surface area contributed by atoms with E-state index in [1.807, 2.05) is 31.2 Å². The lowest BCUT2D eigenvalue weighted by atomic mass is 9.92. The van der Waals surface area contributed by atoms with Gasteiger partial charge in [0, 0.05) is 37.8 Å². The molecule has 3 aliphatic carbocycles. The van der Waals surface area contributed by atoms with Gasteiger partial charge in [-0.2, -0.15) is 0 Å². The number of hydrogen-bond acceptors (Lipinski definition) is 7. The molecule has 3 aromatic rings. The van der Waals surface area contributed by atoms with Crippen LogP contribution in [0.5, 0.6) is 0 Å². The third-order valence-corrected chi connectivity index (χ3v) is 9.59. The Labute approximate surface area is 236 Å². The molecule has 1 saturated heterocycles. The Bertz CT molecular complexity index is 1550. The van der Waals surface area contributed by atoms with Gasteiger partial charge < -0.3 is 14.5 Å². The van der Waals surface area contributed by atoms with Crippen molar-refractivity contribution >= 4 is 50.8 Å². The van der Waals surface area contributed by atoms with Crippen LogP contribution in [-0.2, 0) is 14.3 Å². The smallest absolute Gasteiger partial charge is 0.411 e. The molecule has 3 amide bonds. The zero-order valence-electron chi connectivity index (χ0n) is 22.2. The van der Waals surface area contributed by atoms with Crippen LogP contribution in [0.1, 0.15) is 19.8 Å². The van der Waals surface area contributed by atoms with Gasteiger partial charge in [0.2, 0.25) is 12.3 Å². The fourth-order valence-corrected chi connectivity index (χ4v) is 7.06. The molecule has 0 N–H and O–H groups in total. The summed E-state index contributed by atoms with van der Waals surface area (Å²) in [6.07, 6.45) is 10.3. The summed E-state index contributed by atoms with van der Waals surface area (Å²) in [5.74, 6) is 0.409. The van der Waals surface area contributed by atoms with Crippen LogP contribution < -0.4 is 9.80 Å². The van der Waals surface area contributed by atoms with Gasteiger partial charge >= 0.3 is 6.09 Å². The van der Waals surface area contributed by atoms with E-state index in [1.165, 1.54) is 16.2 Å². The second-order valence-electron chi connectivity index (χ2n) is 11.3. The van der Waals surface area contributed by atoms with E-state index in [0.717, 1.165) is 53.0 Å². The first-order valence-electron chi connectivity index (χ1n) is 13.8. The van der Waals surface area contributed by atoms with Crippen LogP contribution in [0, 0.1) is 17.8 Å². The quantitative estimate of drug-likeness (QED) is 0.306.